The second-order valence-corrected chi connectivity index (χ2v) is 4.15. The van der Waals surface area contributed by atoms with Crippen molar-refractivity contribution < 1.29 is 9.90 Å². The van der Waals surface area contributed by atoms with Crippen LogP contribution in [0.15, 0.2) is 49.2 Å². The fourth-order valence-corrected chi connectivity index (χ4v) is 1.78. The van der Waals surface area contributed by atoms with Crippen molar-refractivity contribution >= 4 is 5.91 Å². The van der Waals surface area contributed by atoms with Gasteiger partial charge in [0.2, 0.25) is 0 Å². The zero-order valence-corrected chi connectivity index (χ0v) is 11.0. The first-order valence-electron chi connectivity index (χ1n) is 6.25. The molecule has 1 N–H and O–H groups in total. The van der Waals surface area contributed by atoms with Crippen LogP contribution >= 0.6 is 0 Å². The molecule has 20 heavy (non-hydrogen) atoms. The molecule has 1 amide bonds. The summed E-state index contributed by atoms with van der Waals surface area (Å²) in [5, 5.41) is 16.8. The van der Waals surface area contributed by atoms with Crippen LogP contribution in [0.3, 0.4) is 0 Å². The van der Waals surface area contributed by atoms with E-state index in [-0.39, 0.29) is 24.8 Å². The minimum absolute atomic E-state index is 0.105. The van der Waals surface area contributed by atoms with E-state index in [4.69, 9.17) is 5.11 Å². The first kappa shape index (κ1) is 14.0. The number of nitrogens with zero attached hydrogens (tertiary/aromatic N) is 4. The van der Waals surface area contributed by atoms with Crippen molar-refractivity contribution in [1.82, 2.24) is 19.9 Å². The first-order valence-corrected chi connectivity index (χ1v) is 6.25. The molecule has 0 unspecified atom stereocenters. The van der Waals surface area contributed by atoms with Gasteiger partial charge in [-0.15, -0.1) is 11.7 Å². The Morgan fingerprint density at radius 1 is 1.40 bits per heavy atom. The SMILES string of the molecule is C=CCN(CCO)C(=O)c1cn(-c2ccccc2)nn1. The first-order chi connectivity index (χ1) is 9.76. The molecule has 6 heteroatoms. The van der Waals surface area contributed by atoms with Gasteiger partial charge >= 0.3 is 0 Å². The smallest absolute Gasteiger partial charge is 0.276 e. The number of para-hydroxylation sites is 1. The van der Waals surface area contributed by atoms with Gasteiger partial charge < -0.3 is 10.0 Å². The van der Waals surface area contributed by atoms with Crippen LogP contribution in [-0.4, -0.2) is 50.6 Å². The molecule has 104 valence electrons. The summed E-state index contributed by atoms with van der Waals surface area (Å²) in [4.78, 5) is 13.7. The molecule has 2 rings (SSSR count). The van der Waals surface area contributed by atoms with Gasteiger partial charge in [0, 0.05) is 13.1 Å². The average molecular weight is 272 g/mol. The predicted octanol–water partition coefficient (Wildman–Crippen LogP) is 0.888. The number of amides is 1. The average Bonchev–Trinajstić information content (AvgIpc) is 2.97. The molecule has 0 fully saturated rings. The number of aliphatic hydroxyl groups is 1. The van der Waals surface area contributed by atoms with Crippen molar-refractivity contribution in [3.8, 4) is 5.69 Å². The molecule has 0 saturated carbocycles. The summed E-state index contributed by atoms with van der Waals surface area (Å²) in [6, 6.07) is 9.42. The largest absolute Gasteiger partial charge is 0.395 e. The monoisotopic (exact) mass is 272 g/mol. The molecule has 0 aliphatic carbocycles. The van der Waals surface area contributed by atoms with Crippen LogP contribution < -0.4 is 0 Å². The number of carbonyl (C=O) groups excluding carboxylic acids is 1. The van der Waals surface area contributed by atoms with Crippen LogP contribution in [0.1, 0.15) is 10.5 Å². The lowest BCUT2D eigenvalue weighted by atomic mass is 10.3. The van der Waals surface area contributed by atoms with Gasteiger partial charge in [-0.2, -0.15) is 0 Å². The van der Waals surface area contributed by atoms with E-state index < -0.39 is 0 Å². The highest BCUT2D eigenvalue weighted by atomic mass is 16.3. The summed E-state index contributed by atoms with van der Waals surface area (Å²) in [5.74, 6) is -0.277. The molecule has 2 aromatic rings. The highest BCUT2D eigenvalue weighted by Crippen LogP contribution is 2.07. The molecule has 0 bridgehead atoms. The number of aromatic nitrogens is 3. The lowest BCUT2D eigenvalue weighted by molar-refractivity contribution is 0.0737. The highest BCUT2D eigenvalue weighted by molar-refractivity contribution is 5.92. The van der Waals surface area contributed by atoms with Crippen molar-refractivity contribution in [3.05, 3.63) is 54.9 Å². The van der Waals surface area contributed by atoms with E-state index in [1.165, 1.54) is 9.58 Å². The van der Waals surface area contributed by atoms with Gasteiger partial charge in [0.05, 0.1) is 18.5 Å². The van der Waals surface area contributed by atoms with Crippen LogP contribution in [0.4, 0.5) is 0 Å². The fraction of sp³-hybridized carbons (Fsp3) is 0.214. The molecule has 0 spiro atoms. The Morgan fingerprint density at radius 3 is 2.80 bits per heavy atom. The molecule has 1 aromatic carbocycles. The van der Waals surface area contributed by atoms with Gasteiger partial charge in [0.1, 0.15) is 0 Å². The molecule has 1 aromatic heterocycles. The van der Waals surface area contributed by atoms with E-state index in [0.717, 1.165) is 5.69 Å². The van der Waals surface area contributed by atoms with Gasteiger partial charge in [0.25, 0.3) is 5.91 Å². The molecule has 6 nitrogen and oxygen atoms in total. The van der Waals surface area contributed by atoms with E-state index in [0.29, 0.717) is 6.54 Å². The van der Waals surface area contributed by atoms with Crippen molar-refractivity contribution in [3.63, 3.8) is 0 Å². The summed E-state index contributed by atoms with van der Waals surface area (Å²) in [7, 11) is 0. The van der Waals surface area contributed by atoms with Gasteiger partial charge in [-0.3, -0.25) is 4.79 Å². The molecular formula is C14H16N4O2. The number of hydrogen-bond acceptors (Lipinski definition) is 4. The molecule has 0 saturated heterocycles. The maximum absolute atomic E-state index is 12.2. The summed E-state index contributed by atoms with van der Waals surface area (Å²) >= 11 is 0. The number of carbonyl (C=O) groups is 1. The summed E-state index contributed by atoms with van der Waals surface area (Å²) in [6.45, 7) is 4.09. The zero-order chi connectivity index (χ0) is 14.4. The Morgan fingerprint density at radius 2 is 2.15 bits per heavy atom. The number of rotatable bonds is 6. The lowest BCUT2D eigenvalue weighted by Crippen LogP contribution is -2.33. The number of aliphatic hydroxyl groups excluding tert-OH is 1. The van der Waals surface area contributed by atoms with Crippen molar-refractivity contribution in [1.29, 1.82) is 0 Å². The van der Waals surface area contributed by atoms with Gasteiger partial charge in [-0.05, 0) is 12.1 Å². The Labute approximate surface area is 116 Å². The topological polar surface area (TPSA) is 71.2 Å². The molecule has 0 aliphatic rings. The fourth-order valence-electron chi connectivity index (χ4n) is 1.78. The van der Waals surface area contributed by atoms with Gasteiger partial charge in [-0.1, -0.05) is 29.5 Å². The van der Waals surface area contributed by atoms with E-state index >= 15 is 0 Å². The Hall–Kier alpha value is -2.47. The van der Waals surface area contributed by atoms with Crippen LogP contribution in [-0.2, 0) is 0 Å². The third-order valence-electron chi connectivity index (χ3n) is 2.74. The third-order valence-corrected chi connectivity index (χ3v) is 2.74. The maximum Gasteiger partial charge on any atom is 0.276 e. The third kappa shape index (κ3) is 3.10. The van der Waals surface area contributed by atoms with Crippen molar-refractivity contribution in [2.75, 3.05) is 19.7 Å². The Kier molecular flexibility index (Phi) is 4.62. The Bertz CT molecular complexity index is 580. The summed E-state index contributed by atoms with van der Waals surface area (Å²) in [6.07, 6.45) is 3.18. The lowest BCUT2D eigenvalue weighted by Gasteiger charge is -2.18. The molecule has 0 aliphatic heterocycles. The van der Waals surface area contributed by atoms with Crippen LogP contribution in [0.5, 0.6) is 0 Å². The van der Waals surface area contributed by atoms with E-state index in [9.17, 15) is 4.79 Å². The Balaban J connectivity index is 2.19. The van der Waals surface area contributed by atoms with E-state index in [1.54, 1.807) is 12.3 Å². The predicted molar refractivity (Wildman–Crippen MR) is 74.5 cm³/mol. The van der Waals surface area contributed by atoms with Gasteiger partial charge in [0.15, 0.2) is 5.69 Å². The highest BCUT2D eigenvalue weighted by Gasteiger charge is 2.17. The number of benzene rings is 1. The van der Waals surface area contributed by atoms with Crippen LogP contribution in [0.25, 0.3) is 5.69 Å². The molecule has 0 atom stereocenters. The zero-order valence-electron chi connectivity index (χ0n) is 11.0. The number of hydrogen-bond donors (Lipinski definition) is 1. The van der Waals surface area contributed by atoms with Crippen LogP contribution in [0, 0.1) is 0 Å². The second-order valence-electron chi connectivity index (χ2n) is 4.15. The quantitative estimate of drug-likeness (QED) is 0.793. The van der Waals surface area contributed by atoms with Crippen molar-refractivity contribution in [2.45, 2.75) is 0 Å². The normalized spacial score (nSPS) is 10.2. The van der Waals surface area contributed by atoms with Crippen molar-refractivity contribution in [2.24, 2.45) is 0 Å². The molecular weight excluding hydrogens is 256 g/mol. The summed E-state index contributed by atoms with van der Waals surface area (Å²) < 4.78 is 1.54. The van der Waals surface area contributed by atoms with E-state index in [2.05, 4.69) is 16.9 Å². The van der Waals surface area contributed by atoms with E-state index in [1.807, 2.05) is 30.3 Å². The molecule has 1 heterocycles. The summed E-state index contributed by atoms with van der Waals surface area (Å²) in [5.41, 5.74) is 1.07. The minimum Gasteiger partial charge on any atom is -0.395 e. The van der Waals surface area contributed by atoms with Gasteiger partial charge in [-0.25, -0.2) is 4.68 Å². The molecule has 0 radical (unpaired) electrons. The van der Waals surface area contributed by atoms with Crippen LogP contribution in [0.2, 0.25) is 0 Å². The standard InChI is InChI=1S/C14H16N4O2/c1-2-8-17(9-10-19)14(20)13-11-18(16-15-13)12-6-4-3-5-7-12/h2-7,11,19H,1,8-10H2. The minimum atomic E-state index is -0.277. The second kappa shape index (κ2) is 6.63. The maximum atomic E-state index is 12.2.